The van der Waals surface area contributed by atoms with Gasteiger partial charge in [-0.25, -0.2) is 14.8 Å². The third-order valence-corrected chi connectivity index (χ3v) is 2.53. The molecular formula is C13H10F3N3O2. The van der Waals surface area contributed by atoms with Gasteiger partial charge in [-0.1, -0.05) is 0 Å². The highest BCUT2D eigenvalue weighted by Crippen LogP contribution is 2.29. The van der Waals surface area contributed by atoms with Crippen LogP contribution in [-0.4, -0.2) is 21.0 Å². The van der Waals surface area contributed by atoms with E-state index in [4.69, 9.17) is 5.11 Å². The largest absolute Gasteiger partial charge is 0.478 e. The summed E-state index contributed by atoms with van der Waals surface area (Å²) in [4.78, 5) is 18.0. The molecule has 1 aromatic carbocycles. The van der Waals surface area contributed by atoms with E-state index in [1.807, 2.05) is 0 Å². The van der Waals surface area contributed by atoms with E-state index in [-0.39, 0.29) is 17.2 Å². The van der Waals surface area contributed by atoms with Crippen molar-refractivity contribution in [3.63, 3.8) is 0 Å². The van der Waals surface area contributed by atoms with Crippen LogP contribution in [0.15, 0.2) is 30.3 Å². The maximum Gasteiger partial charge on any atom is 0.433 e. The zero-order valence-corrected chi connectivity index (χ0v) is 10.8. The number of halogens is 3. The van der Waals surface area contributed by atoms with Gasteiger partial charge in [-0.05, 0) is 37.3 Å². The van der Waals surface area contributed by atoms with Gasteiger partial charge in [-0.2, -0.15) is 13.2 Å². The number of hydrogen-bond donors (Lipinski definition) is 2. The first-order chi connectivity index (χ1) is 9.75. The summed E-state index contributed by atoms with van der Waals surface area (Å²) in [7, 11) is 0. The van der Waals surface area contributed by atoms with Crippen molar-refractivity contribution in [2.45, 2.75) is 13.1 Å². The Labute approximate surface area is 117 Å². The average molecular weight is 297 g/mol. The maximum atomic E-state index is 12.6. The topological polar surface area (TPSA) is 75.1 Å². The molecule has 0 unspecified atom stereocenters. The van der Waals surface area contributed by atoms with Gasteiger partial charge >= 0.3 is 12.1 Å². The number of carboxylic acid groups (broad SMARTS) is 1. The zero-order chi connectivity index (χ0) is 15.6. The molecule has 8 heteroatoms. The monoisotopic (exact) mass is 297 g/mol. The van der Waals surface area contributed by atoms with Crippen LogP contribution in [0.1, 0.15) is 21.7 Å². The lowest BCUT2D eigenvalue weighted by molar-refractivity contribution is -0.141. The number of aryl methyl sites for hydroxylation is 1. The molecular weight excluding hydrogens is 287 g/mol. The highest BCUT2D eigenvalue weighted by atomic mass is 19.4. The van der Waals surface area contributed by atoms with Gasteiger partial charge in [-0.15, -0.1) is 0 Å². The molecule has 0 saturated heterocycles. The van der Waals surface area contributed by atoms with Crippen LogP contribution in [0.3, 0.4) is 0 Å². The Kier molecular flexibility index (Phi) is 3.79. The molecule has 21 heavy (non-hydrogen) atoms. The van der Waals surface area contributed by atoms with Crippen LogP contribution in [0, 0.1) is 6.92 Å². The fourth-order valence-electron chi connectivity index (χ4n) is 1.59. The van der Waals surface area contributed by atoms with Crippen molar-refractivity contribution in [2.75, 3.05) is 5.32 Å². The minimum atomic E-state index is -4.56. The Hall–Kier alpha value is -2.64. The van der Waals surface area contributed by atoms with Crippen LogP contribution in [0.25, 0.3) is 0 Å². The third-order valence-electron chi connectivity index (χ3n) is 2.53. The second kappa shape index (κ2) is 5.39. The van der Waals surface area contributed by atoms with Crippen LogP contribution in [-0.2, 0) is 6.18 Å². The van der Waals surface area contributed by atoms with E-state index in [0.29, 0.717) is 5.69 Å². The lowest BCUT2D eigenvalue weighted by atomic mass is 10.2. The molecule has 5 nitrogen and oxygen atoms in total. The highest BCUT2D eigenvalue weighted by molar-refractivity contribution is 5.88. The molecule has 0 aliphatic carbocycles. The van der Waals surface area contributed by atoms with E-state index >= 15 is 0 Å². The molecule has 1 aromatic heterocycles. The van der Waals surface area contributed by atoms with Gasteiger partial charge in [0.25, 0.3) is 0 Å². The number of anilines is 2. The van der Waals surface area contributed by atoms with Crippen LogP contribution < -0.4 is 5.32 Å². The second-order valence-electron chi connectivity index (χ2n) is 4.22. The summed E-state index contributed by atoms with van der Waals surface area (Å²) in [6.45, 7) is 1.43. The summed E-state index contributed by atoms with van der Waals surface area (Å²) in [6, 6.07) is 6.33. The van der Waals surface area contributed by atoms with Crippen LogP contribution in [0.5, 0.6) is 0 Å². The van der Waals surface area contributed by atoms with Crippen molar-refractivity contribution in [3.8, 4) is 0 Å². The van der Waals surface area contributed by atoms with E-state index in [1.54, 1.807) is 0 Å². The van der Waals surface area contributed by atoms with Crippen LogP contribution >= 0.6 is 0 Å². The number of nitrogens with zero attached hydrogens (tertiary/aromatic N) is 2. The van der Waals surface area contributed by atoms with E-state index < -0.39 is 17.8 Å². The Morgan fingerprint density at radius 2 is 1.81 bits per heavy atom. The van der Waals surface area contributed by atoms with Crippen molar-refractivity contribution < 1.29 is 23.1 Å². The molecule has 0 spiro atoms. The summed E-state index contributed by atoms with van der Waals surface area (Å²) >= 11 is 0. The number of alkyl halides is 3. The third kappa shape index (κ3) is 3.68. The van der Waals surface area contributed by atoms with E-state index in [0.717, 1.165) is 6.07 Å². The van der Waals surface area contributed by atoms with Gasteiger partial charge in [0.1, 0.15) is 5.69 Å². The molecule has 0 radical (unpaired) electrons. The number of hydrogen-bond acceptors (Lipinski definition) is 4. The molecule has 0 saturated carbocycles. The second-order valence-corrected chi connectivity index (χ2v) is 4.22. The van der Waals surface area contributed by atoms with Gasteiger partial charge in [0, 0.05) is 11.4 Å². The minimum absolute atomic E-state index is 0.0710. The Morgan fingerprint density at radius 1 is 1.19 bits per heavy atom. The number of carboxylic acids is 1. The normalized spacial score (nSPS) is 11.2. The molecule has 2 aromatic rings. The molecule has 0 fully saturated rings. The fraction of sp³-hybridized carbons (Fsp3) is 0.154. The standard InChI is InChI=1S/C13H10F3N3O2/c1-7-6-10(13(14,15)16)19-12(17-7)18-9-4-2-8(3-5-9)11(20)21/h2-6H,1H3,(H,20,21)(H,17,18,19). The van der Waals surface area contributed by atoms with E-state index in [2.05, 4.69) is 15.3 Å². The predicted octanol–water partition coefficient (Wildman–Crippen LogP) is 3.25. The lowest BCUT2D eigenvalue weighted by Crippen LogP contribution is -2.11. The highest BCUT2D eigenvalue weighted by Gasteiger charge is 2.33. The number of rotatable bonds is 3. The molecule has 1 heterocycles. The number of aromatic nitrogens is 2. The van der Waals surface area contributed by atoms with Crippen molar-refractivity contribution >= 4 is 17.6 Å². The number of nitrogens with one attached hydrogen (secondary N) is 1. The van der Waals surface area contributed by atoms with Gasteiger partial charge < -0.3 is 10.4 Å². The van der Waals surface area contributed by atoms with Crippen LogP contribution in [0.4, 0.5) is 24.8 Å². The first-order valence-electron chi connectivity index (χ1n) is 5.79. The first kappa shape index (κ1) is 14.8. The first-order valence-corrected chi connectivity index (χ1v) is 5.79. The number of benzene rings is 1. The predicted molar refractivity (Wildman–Crippen MR) is 68.5 cm³/mol. The fourth-order valence-corrected chi connectivity index (χ4v) is 1.59. The molecule has 2 N–H and O–H groups in total. The molecule has 0 aliphatic heterocycles. The molecule has 0 bridgehead atoms. The van der Waals surface area contributed by atoms with Gasteiger partial charge in [0.2, 0.25) is 5.95 Å². The lowest BCUT2D eigenvalue weighted by Gasteiger charge is -2.10. The summed E-state index contributed by atoms with van der Waals surface area (Å²) < 4.78 is 37.9. The van der Waals surface area contributed by atoms with Crippen molar-refractivity contribution in [1.82, 2.24) is 9.97 Å². The Balaban J connectivity index is 2.27. The van der Waals surface area contributed by atoms with Crippen molar-refractivity contribution in [2.24, 2.45) is 0 Å². The Bertz CT molecular complexity index is 669. The van der Waals surface area contributed by atoms with Crippen molar-refractivity contribution in [1.29, 1.82) is 0 Å². The van der Waals surface area contributed by atoms with E-state index in [9.17, 15) is 18.0 Å². The van der Waals surface area contributed by atoms with Crippen LogP contribution in [0.2, 0.25) is 0 Å². The van der Waals surface area contributed by atoms with Gasteiger partial charge in [0.15, 0.2) is 0 Å². The van der Waals surface area contributed by atoms with Gasteiger partial charge in [-0.3, -0.25) is 0 Å². The average Bonchev–Trinajstić information content (AvgIpc) is 2.37. The molecule has 2 rings (SSSR count). The summed E-state index contributed by atoms with van der Waals surface area (Å²) in [6.07, 6.45) is -4.56. The quantitative estimate of drug-likeness (QED) is 0.909. The summed E-state index contributed by atoms with van der Waals surface area (Å²) in [5, 5.41) is 11.4. The smallest absolute Gasteiger partial charge is 0.433 e. The number of carbonyl (C=O) groups is 1. The molecule has 0 atom stereocenters. The maximum absolute atomic E-state index is 12.6. The summed E-state index contributed by atoms with van der Waals surface area (Å²) in [5.41, 5.74) is -0.415. The van der Waals surface area contributed by atoms with Crippen molar-refractivity contribution in [3.05, 3.63) is 47.3 Å². The molecule has 0 aliphatic rings. The van der Waals surface area contributed by atoms with E-state index in [1.165, 1.54) is 31.2 Å². The molecule has 0 amide bonds. The SMILES string of the molecule is Cc1cc(C(F)(F)F)nc(Nc2ccc(C(=O)O)cc2)n1. The Morgan fingerprint density at radius 3 is 2.33 bits per heavy atom. The zero-order valence-electron chi connectivity index (χ0n) is 10.8. The minimum Gasteiger partial charge on any atom is -0.478 e. The summed E-state index contributed by atoms with van der Waals surface area (Å²) in [5.74, 6) is -1.29. The number of aromatic carboxylic acids is 1. The van der Waals surface area contributed by atoms with Gasteiger partial charge in [0.05, 0.1) is 5.56 Å². The molecule has 110 valence electrons.